The van der Waals surface area contributed by atoms with E-state index in [2.05, 4.69) is 0 Å². The molecule has 1 unspecified atom stereocenters. The lowest BCUT2D eigenvalue weighted by molar-refractivity contribution is -0.265. The van der Waals surface area contributed by atoms with Crippen LogP contribution in [-0.2, 0) is 56.7 Å². The fraction of sp³-hybridized carbons (Fsp3) is 0.750. The molecule has 2 bridgehead atoms. The fourth-order valence-corrected chi connectivity index (χ4v) is 11.0. The maximum atomic E-state index is 14.5. The van der Waals surface area contributed by atoms with E-state index in [9.17, 15) is 38.8 Å². The number of allylic oxidation sites excluding steroid dienone is 6. The number of cyclic esters (lactones) is 1. The van der Waals surface area contributed by atoms with Crippen molar-refractivity contribution in [3.8, 4) is 0 Å². The molecule has 2 N–H and O–H groups in total. The van der Waals surface area contributed by atoms with Crippen LogP contribution in [0, 0.1) is 35.5 Å². The number of hydrogen-bond donors (Lipinski definition) is 2. The Bertz CT molecular complexity index is 1880. The highest BCUT2D eigenvalue weighted by molar-refractivity contribution is 7.38. The number of aliphatic hydroxyl groups is 2. The molecule has 3 heterocycles. The van der Waals surface area contributed by atoms with E-state index in [-0.39, 0.29) is 60.9 Å². The molecular formula is C52H81NO14P+. The summed E-state index contributed by atoms with van der Waals surface area (Å²) in [5, 5.41) is 23.4. The van der Waals surface area contributed by atoms with Gasteiger partial charge < -0.3 is 38.8 Å². The lowest BCUT2D eigenvalue weighted by Gasteiger charge is -2.42. The Labute approximate surface area is 405 Å². The molecule has 0 aromatic heterocycles. The van der Waals surface area contributed by atoms with E-state index in [1.165, 1.54) is 18.7 Å². The average molecular weight is 975 g/mol. The number of amides is 1. The molecule has 0 radical (unpaired) electrons. The van der Waals surface area contributed by atoms with Gasteiger partial charge >= 0.3 is 14.0 Å². The minimum atomic E-state index is -2.44. The van der Waals surface area contributed by atoms with Crippen LogP contribution in [0.15, 0.2) is 47.6 Å². The van der Waals surface area contributed by atoms with Crippen LogP contribution >= 0.6 is 8.03 Å². The van der Waals surface area contributed by atoms with Crippen molar-refractivity contribution in [3.63, 3.8) is 0 Å². The zero-order valence-corrected chi connectivity index (χ0v) is 43.3. The van der Waals surface area contributed by atoms with Gasteiger partial charge in [0.25, 0.3) is 11.7 Å². The molecule has 4 rings (SSSR count). The SMILES string of the molecule is CO[C@H]1C[C@@H]2CC[C@@H](C)[C@@](O)(O2)C(=O)C(=O)N2CCCC[C@H]2C(=O)O[C@H]([C@H](C)C[C@@H]2CC[C@H](O[P+](C)=O)[C@H](OC)C2)CC(=O)[C@H](C)/C=C(\C)[C@@H](O)[C@@H](OC)C(=O)[C@H](C)C[C@H](C)/C=C/C=C/C=C/1C. The first-order chi connectivity index (χ1) is 32.1. The molecule has 1 saturated carbocycles. The number of ether oxygens (including phenoxy) is 5. The van der Waals surface area contributed by atoms with E-state index in [0.29, 0.717) is 63.4 Å². The largest absolute Gasteiger partial charge is 0.505 e. The topological polar surface area (TPSA) is 201 Å². The van der Waals surface area contributed by atoms with Gasteiger partial charge in [-0.15, -0.1) is 4.52 Å². The lowest BCUT2D eigenvalue weighted by Crippen LogP contribution is -2.61. The van der Waals surface area contributed by atoms with Gasteiger partial charge in [-0.2, -0.15) is 0 Å². The quantitative estimate of drug-likeness (QED) is 0.104. The zero-order chi connectivity index (χ0) is 50.5. The number of ketones is 3. The molecule has 15 nitrogen and oxygen atoms in total. The number of aliphatic hydroxyl groups excluding tert-OH is 1. The molecule has 2 saturated heterocycles. The van der Waals surface area contributed by atoms with Crippen LogP contribution in [0.4, 0.5) is 0 Å². The summed E-state index contributed by atoms with van der Waals surface area (Å²) in [6.45, 7) is 14.2. The second-order valence-corrected chi connectivity index (χ2v) is 21.2. The Morgan fingerprint density at radius 2 is 1.59 bits per heavy atom. The zero-order valence-electron chi connectivity index (χ0n) is 42.4. The third-order valence-electron chi connectivity index (χ3n) is 14.7. The number of Topliss-reactive ketones (excluding diaryl/α,β-unsaturated/α-hetero) is 3. The number of carbonyl (C=O) groups is 5. The smallest absolute Gasteiger partial charge is 0.460 e. The van der Waals surface area contributed by atoms with Crippen molar-refractivity contribution in [2.75, 3.05) is 34.5 Å². The number of nitrogens with zero attached hydrogens (tertiary/aromatic N) is 1. The van der Waals surface area contributed by atoms with Crippen molar-refractivity contribution < 1.29 is 67.0 Å². The Kier molecular flexibility index (Phi) is 22.6. The van der Waals surface area contributed by atoms with Crippen LogP contribution in [-0.4, -0.2) is 133 Å². The third-order valence-corrected chi connectivity index (χ3v) is 15.3. The van der Waals surface area contributed by atoms with E-state index in [1.54, 1.807) is 41.1 Å². The van der Waals surface area contributed by atoms with E-state index in [1.807, 2.05) is 58.1 Å². The molecule has 16 heteroatoms. The summed E-state index contributed by atoms with van der Waals surface area (Å²) in [5.74, 6) is -8.09. The number of fused-ring (bicyclic) bond motifs is 3. The predicted octanol–water partition coefficient (Wildman–Crippen LogP) is 7.58. The normalized spacial score (nSPS) is 39.4. The molecule has 68 heavy (non-hydrogen) atoms. The van der Waals surface area contributed by atoms with Crippen LogP contribution in [0.3, 0.4) is 0 Å². The second kappa shape index (κ2) is 26.8. The summed E-state index contributed by atoms with van der Waals surface area (Å²) in [5.41, 5.74) is 1.25. The highest BCUT2D eigenvalue weighted by Gasteiger charge is 2.53. The highest BCUT2D eigenvalue weighted by Crippen LogP contribution is 2.39. The molecule has 1 amide bonds. The maximum Gasteiger partial charge on any atom is 0.505 e. The first kappa shape index (κ1) is 57.3. The van der Waals surface area contributed by atoms with Crippen molar-refractivity contribution in [3.05, 3.63) is 47.6 Å². The number of rotatable bonds is 8. The molecule has 3 aliphatic heterocycles. The predicted molar refractivity (Wildman–Crippen MR) is 258 cm³/mol. The molecule has 16 atom stereocenters. The lowest BCUT2D eigenvalue weighted by atomic mass is 9.78. The van der Waals surface area contributed by atoms with Gasteiger partial charge in [-0.05, 0) is 112 Å². The highest BCUT2D eigenvalue weighted by atomic mass is 31.1. The van der Waals surface area contributed by atoms with Crippen molar-refractivity contribution in [2.24, 2.45) is 35.5 Å². The van der Waals surface area contributed by atoms with Gasteiger partial charge in [-0.1, -0.05) is 71.1 Å². The Hall–Kier alpha value is -3.27. The minimum Gasteiger partial charge on any atom is -0.460 e. The monoisotopic (exact) mass is 975 g/mol. The Morgan fingerprint density at radius 3 is 2.25 bits per heavy atom. The van der Waals surface area contributed by atoms with Gasteiger partial charge in [0.2, 0.25) is 5.79 Å². The van der Waals surface area contributed by atoms with Gasteiger partial charge in [0.05, 0.1) is 18.3 Å². The molecular weight excluding hydrogens is 894 g/mol. The van der Waals surface area contributed by atoms with Crippen molar-refractivity contribution in [2.45, 2.75) is 180 Å². The van der Waals surface area contributed by atoms with E-state index < -0.39 is 85.8 Å². The number of piperidine rings is 1. The number of methoxy groups -OCH3 is 3. The van der Waals surface area contributed by atoms with Crippen molar-refractivity contribution in [1.82, 2.24) is 4.90 Å². The van der Waals surface area contributed by atoms with E-state index in [0.717, 1.165) is 12.0 Å². The third kappa shape index (κ3) is 15.4. The van der Waals surface area contributed by atoms with Crippen molar-refractivity contribution in [1.29, 1.82) is 0 Å². The fourth-order valence-electron chi connectivity index (χ4n) is 10.4. The van der Waals surface area contributed by atoms with Gasteiger partial charge in [0.1, 0.15) is 36.2 Å². The summed E-state index contributed by atoms with van der Waals surface area (Å²) >= 11 is 0. The van der Waals surface area contributed by atoms with Gasteiger partial charge in [0.15, 0.2) is 12.4 Å². The number of carbonyl (C=O) groups excluding carboxylic acids is 5. The molecule has 3 fully saturated rings. The van der Waals surface area contributed by atoms with Crippen LogP contribution in [0.1, 0.15) is 126 Å². The summed E-state index contributed by atoms with van der Waals surface area (Å²) in [7, 11) is 2.70. The number of esters is 1. The maximum absolute atomic E-state index is 14.5. The van der Waals surface area contributed by atoms with E-state index in [4.69, 9.17) is 28.2 Å². The Balaban J connectivity index is 1.70. The average Bonchev–Trinajstić information content (AvgIpc) is 3.30. The molecule has 382 valence electrons. The van der Waals surface area contributed by atoms with Gasteiger partial charge in [-0.25, -0.2) is 4.79 Å². The summed E-state index contributed by atoms with van der Waals surface area (Å²) in [6.07, 6.45) is 11.4. The molecule has 0 spiro atoms. The molecule has 0 aromatic rings. The summed E-state index contributed by atoms with van der Waals surface area (Å²) in [4.78, 5) is 72.1. The first-order valence-corrected chi connectivity index (χ1v) is 26.3. The van der Waals surface area contributed by atoms with Crippen LogP contribution < -0.4 is 0 Å². The standard InChI is InChI=1S/C52H81NO14P/c1-31-17-13-12-14-18-32(2)43(62-8)29-39-22-20-37(7)52(60,66-39)49(57)50(58)53-24-16-15-19-40(53)51(59)65-44(34(4)27-38-21-23-42(67-68(11)61)45(28-38)63-9)30-41(54)33(3)26-36(6)47(56)48(64-10)46(55)35(5)25-31/h12-14,17-18,26,31,33-35,37-40,42-45,47-48,56,60H,15-16,19-25,27-30H2,1-11H3/q+1/b14-12+,17-13+,32-18+,36-26+/t31-,33-,34-,35-,37-,38+,39+,40+,42+,43+,44+,45-,47-,48+,52-/m1/s1. The summed E-state index contributed by atoms with van der Waals surface area (Å²) < 4.78 is 47.3. The second-order valence-electron chi connectivity index (χ2n) is 20.1. The van der Waals surface area contributed by atoms with E-state index >= 15 is 0 Å². The number of hydrogen-bond acceptors (Lipinski definition) is 14. The van der Waals surface area contributed by atoms with Crippen LogP contribution in [0.25, 0.3) is 0 Å². The molecule has 0 aromatic carbocycles. The van der Waals surface area contributed by atoms with Gasteiger partial charge in [0, 0.05) is 58.5 Å². The van der Waals surface area contributed by atoms with Gasteiger partial charge in [-0.3, -0.25) is 19.2 Å². The van der Waals surface area contributed by atoms with Crippen molar-refractivity contribution >= 4 is 37.3 Å². The minimum absolute atomic E-state index is 0.0125. The first-order valence-electron chi connectivity index (χ1n) is 24.7. The van der Waals surface area contributed by atoms with Crippen LogP contribution in [0.5, 0.6) is 0 Å². The molecule has 4 aliphatic rings. The molecule has 1 aliphatic carbocycles. The summed E-state index contributed by atoms with van der Waals surface area (Å²) in [6, 6.07) is -1.15. The Morgan fingerprint density at radius 1 is 0.868 bits per heavy atom. The van der Waals surface area contributed by atoms with Crippen LogP contribution in [0.2, 0.25) is 0 Å².